The van der Waals surface area contributed by atoms with E-state index < -0.39 is 28.7 Å². The van der Waals surface area contributed by atoms with Crippen molar-refractivity contribution in [2.24, 2.45) is 5.92 Å². The van der Waals surface area contributed by atoms with Gasteiger partial charge in [-0.05, 0) is 11.6 Å². The average molecular weight is 392 g/mol. The molecule has 10 heteroatoms. The van der Waals surface area contributed by atoms with Crippen LogP contribution in [0.4, 0.5) is 17.5 Å². The normalized spacial score (nSPS) is 25.1. The van der Waals surface area contributed by atoms with Gasteiger partial charge in [-0.25, -0.2) is 0 Å². The first-order valence-electron chi connectivity index (χ1n) is 9.16. The van der Waals surface area contributed by atoms with Crippen molar-refractivity contribution in [2.75, 3.05) is 41.8 Å². The zero-order valence-corrected chi connectivity index (χ0v) is 15.2. The highest BCUT2D eigenvalue weighted by molar-refractivity contribution is 6.16. The van der Waals surface area contributed by atoms with E-state index >= 15 is 0 Å². The molecule has 3 aliphatic rings. The quantitative estimate of drug-likeness (QED) is 0.617. The summed E-state index contributed by atoms with van der Waals surface area (Å²) in [6, 6.07) is 8.67. The van der Waals surface area contributed by atoms with Crippen LogP contribution >= 0.6 is 0 Å². The monoisotopic (exact) mass is 392 g/mol. The molecule has 3 aliphatic heterocycles. The molecule has 0 aliphatic carbocycles. The van der Waals surface area contributed by atoms with E-state index in [1.165, 1.54) is 0 Å². The molecule has 1 spiro atoms. The molecule has 2 aromatic rings. The lowest BCUT2D eigenvalue weighted by atomic mass is 9.65. The van der Waals surface area contributed by atoms with Crippen LogP contribution in [0, 0.1) is 17.2 Å². The number of nitrogens with zero attached hydrogens (tertiary/aromatic N) is 3. The second-order valence-corrected chi connectivity index (χ2v) is 7.07. The fraction of sp³-hybridized carbons (Fsp3) is 0.316. The van der Waals surface area contributed by atoms with Crippen molar-refractivity contribution in [1.82, 2.24) is 9.97 Å². The van der Waals surface area contributed by atoms with Crippen LogP contribution in [0.3, 0.4) is 0 Å². The zero-order chi connectivity index (χ0) is 20.2. The number of nitrogens with one attached hydrogen (secondary N) is 3. The SMILES string of the molecule is N#C[C@@H]1C(=O)Nc2nc(N3CCOCC3)[nH]c(=O)c2[C@]12C(=O)Nc1ccccc12. The number of amides is 2. The van der Waals surface area contributed by atoms with Gasteiger partial charge < -0.3 is 20.3 Å². The number of para-hydroxylation sites is 1. The number of fused-ring (bicyclic) bond motifs is 4. The second kappa shape index (κ2) is 6.15. The van der Waals surface area contributed by atoms with Gasteiger partial charge in [-0.1, -0.05) is 18.2 Å². The van der Waals surface area contributed by atoms with Crippen LogP contribution in [0.1, 0.15) is 11.1 Å². The maximum atomic E-state index is 13.2. The minimum Gasteiger partial charge on any atom is -0.378 e. The standard InChI is InChI=1S/C19H16N6O4/c20-9-11-15(26)22-14-13(16(27)24-18(23-14)25-5-7-29-8-6-25)19(11)10-3-1-2-4-12(10)21-17(19)28/h1-4,11H,5-8H2,(H,21,28)(H2,22,23,24,26,27)/t11-,19-/m1/s1. The topological polar surface area (TPSA) is 140 Å². The van der Waals surface area contributed by atoms with Gasteiger partial charge in [0.1, 0.15) is 17.2 Å². The maximum absolute atomic E-state index is 13.2. The first-order valence-corrected chi connectivity index (χ1v) is 9.16. The van der Waals surface area contributed by atoms with Crippen LogP contribution in [-0.4, -0.2) is 48.1 Å². The van der Waals surface area contributed by atoms with Crippen LogP contribution < -0.4 is 21.1 Å². The number of hydrogen-bond donors (Lipinski definition) is 3. The van der Waals surface area contributed by atoms with Crippen LogP contribution in [0.2, 0.25) is 0 Å². The Kier molecular flexibility index (Phi) is 3.69. The highest BCUT2D eigenvalue weighted by Gasteiger charge is 2.61. The van der Waals surface area contributed by atoms with Gasteiger partial charge in [-0.3, -0.25) is 19.4 Å². The van der Waals surface area contributed by atoms with Crippen LogP contribution in [0.25, 0.3) is 0 Å². The molecule has 0 radical (unpaired) electrons. The predicted molar refractivity (Wildman–Crippen MR) is 101 cm³/mol. The molecule has 0 saturated carbocycles. The third-order valence-electron chi connectivity index (χ3n) is 5.64. The minimum atomic E-state index is -1.76. The van der Waals surface area contributed by atoms with Gasteiger partial charge in [-0.15, -0.1) is 0 Å². The van der Waals surface area contributed by atoms with Crippen molar-refractivity contribution in [3.63, 3.8) is 0 Å². The van der Waals surface area contributed by atoms with Crippen LogP contribution in [0.5, 0.6) is 0 Å². The van der Waals surface area contributed by atoms with Gasteiger partial charge in [0.05, 0.1) is 24.8 Å². The zero-order valence-electron chi connectivity index (χ0n) is 15.2. The van der Waals surface area contributed by atoms with E-state index in [2.05, 4.69) is 20.6 Å². The summed E-state index contributed by atoms with van der Waals surface area (Å²) in [4.78, 5) is 48.2. The number of aromatic nitrogens is 2. The number of morpholine rings is 1. The van der Waals surface area contributed by atoms with Crippen LogP contribution in [-0.2, 0) is 19.7 Å². The first-order chi connectivity index (χ1) is 14.1. The van der Waals surface area contributed by atoms with E-state index in [0.29, 0.717) is 37.6 Å². The highest BCUT2D eigenvalue weighted by atomic mass is 16.5. The molecule has 0 bridgehead atoms. The Morgan fingerprint density at radius 3 is 2.69 bits per heavy atom. The number of rotatable bonds is 1. The minimum absolute atomic E-state index is 0.00130. The Morgan fingerprint density at radius 1 is 1.17 bits per heavy atom. The molecule has 29 heavy (non-hydrogen) atoms. The van der Waals surface area contributed by atoms with Gasteiger partial charge in [0.25, 0.3) is 5.56 Å². The van der Waals surface area contributed by atoms with Gasteiger partial charge in [-0.2, -0.15) is 10.2 Å². The maximum Gasteiger partial charge on any atom is 0.259 e. The third kappa shape index (κ3) is 2.25. The van der Waals surface area contributed by atoms with Crippen molar-refractivity contribution >= 4 is 29.3 Å². The summed E-state index contributed by atoms with van der Waals surface area (Å²) < 4.78 is 5.32. The Morgan fingerprint density at radius 2 is 1.93 bits per heavy atom. The van der Waals surface area contributed by atoms with Crippen molar-refractivity contribution in [3.05, 3.63) is 45.7 Å². The number of H-pyrrole nitrogens is 1. The van der Waals surface area contributed by atoms with Crippen LogP contribution in [0.15, 0.2) is 29.1 Å². The summed E-state index contributed by atoms with van der Waals surface area (Å²) in [6.07, 6.45) is 0. The van der Waals surface area contributed by atoms with E-state index in [1.807, 2.05) is 11.0 Å². The largest absolute Gasteiger partial charge is 0.378 e. The molecule has 10 nitrogen and oxygen atoms in total. The van der Waals surface area contributed by atoms with E-state index in [4.69, 9.17) is 4.74 Å². The van der Waals surface area contributed by atoms with E-state index in [0.717, 1.165) is 0 Å². The van der Waals surface area contributed by atoms with E-state index in [-0.39, 0.29) is 17.3 Å². The van der Waals surface area contributed by atoms with Gasteiger partial charge in [0, 0.05) is 18.8 Å². The van der Waals surface area contributed by atoms with E-state index in [9.17, 15) is 19.6 Å². The molecular weight excluding hydrogens is 376 g/mol. The number of nitriles is 1. The summed E-state index contributed by atoms with van der Waals surface area (Å²) in [5.41, 5.74) is -1.46. The smallest absolute Gasteiger partial charge is 0.259 e. The summed E-state index contributed by atoms with van der Waals surface area (Å²) >= 11 is 0. The molecule has 2 atom stereocenters. The highest BCUT2D eigenvalue weighted by Crippen LogP contribution is 2.50. The Hall–Kier alpha value is -3.71. The molecule has 1 aromatic heterocycles. The number of hydrogen-bond acceptors (Lipinski definition) is 7. The molecule has 0 unspecified atom stereocenters. The Bertz CT molecular complexity index is 1150. The lowest BCUT2D eigenvalue weighted by Gasteiger charge is -2.36. The lowest BCUT2D eigenvalue weighted by Crippen LogP contribution is -2.54. The number of ether oxygens (including phenoxy) is 1. The predicted octanol–water partition coefficient (Wildman–Crippen LogP) is -0.0634. The molecule has 146 valence electrons. The number of aromatic amines is 1. The molecule has 3 N–H and O–H groups in total. The molecule has 5 rings (SSSR count). The summed E-state index contributed by atoms with van der Waals surface area (Å²) in [6.45, 7) is 2.04. The van der Waals surface area contributed by atoms with Gasteiger partial charge in [0.15, 0.2) is 0 Å². The molecule has 4 heterocycles. The Labute approximate surface area is 164 Å². The van der Waals surface area contributed by atoms with Crippen molar-refractivity contribution in [3.8, 4) is 6.07 Å². The molecular formula is C19H16N6O4. The number of anilines is 3. The van der Waals surface area contributed by atoms with Crippen molar-refractivity contribution in [1.29, 1.82) is 5.26 Å². The van der Waals surface area contributed by atoms with Crippen molar-refractivity contribution < 1.29 is 14.3 Å². The van der Waals surface area contributed by atoms with Gasteiger partial charge >= 0.3 is 0 Å². The third-order valence-corrected chi connectivity index (χ3v) is 5.64. The summed E-state index contributed by atoms with van der Waals surface area (Å²) in [7, 11) is 0. The summed E-state index contributed by atoms with van der Waals surface area (Å²) in [5, 5.41) is 15.0. The Balaban J connectivity index is 1.78. The second-order valence-electron chi connectivity index (χ2n) is 7.07. The fourth-order valence-corrected chi connectivity index (χ4v) is 4.34. The molecule has 2 amide bonds. The molecule has 1 aromatic carbocycles. The first kappa shape index (κ1) is 17.4. The molecule has 1 saturated heterocycles. The van der Waals surface area contributed by atoms with E-state index in [1.54, 1.807) is 24.3 Å². The number of carbonyl (C=O) groups is 2. The number of benzene rings is 1. The fourth-order valence-electron chi connectivity index (χ4n) is 4.34. The molecule has 1 fully saturated rings. The lowest BCUT2D eigenvalue weighted by molar-refractivity contribution is -0.127. The van der Waals surface area contributed by atoms with Gasteiger partial charge in [0.2, 0.25) is 17.8 Å². The number of carbonyl (C=O) groups excluding carboxylic acids is 2. The average Bonchev–Trinajstić information content (AvgIpc) is 3.01. The van der Waals surface area contributed by atoms with Crippen molar-refractivity contribution in [2.45, 2.75) is 5.41 Å². The summed E-state index contributed by atoms with van der Waals surface area (Å²) in [5.74, 6) is -2.38.